The minimum atomic E-state index is -3.67. The molecule has 13 heteroatoms. The van der Waals surface area contributed by atoms with Crippen LogP contribution in [0.2, 0.25) is 0 Å². The number of Topliss-reactive ketones (excluding diaryl/α,β-unsaturated/α-hetero) is 1. The Kier molecular flexibility index (Phi) is 11.0. The van der Waals surface area contributed by atoms with Crippen molar-refractivity contribution in [1.29, 1.82) is 0 Å². The van der Waals surface area contributed by atoms with E-state index in [4.69, 9.17) is 4.74 Å². The highest BCUT2D eigenvalue weighted by molar-refractivity contribution is 7.91. The molecule has 1 aliphatic carbocycles. The number of ether oxygens (including phenoxy) is 1. The number of fused-ring (bicyclic) bond motifs is 1. The molecule has 1 aromatic carbocycles. The van der Waals surface area contributed by atoms with Gasteiger partial charge in [0.05, 0.1) is 16.7 Å². The highest BCUT2D eigenvalue weighted by Gasteiger charge is 2.70. The van der Waals surface area contributed by atoms with Gasteiger partial charge in [-0.3, -0.25) is 19.2 Å². The minimum absolute atomic E-state index is 0.0459. The topological polar surface area (TPSA) is 168 Å². The minimum Gasteiger partial charge on any atom is -0.444 e. The molecule has 3 rings (SSSR count). The summed E-state index contributed by atoms with van der Waals surface area (Å²) in [6.07, 6.45) is -0.102. The van der Waals surface area contributed by atoms with Crippen molar-refractivity contribution in [3.63, 3.8) is 0 Å². The van der Waals surface area contributed by atoms with Crippen LogP contribution in [0, 0.1) is 22.7 Å². The van der Waals surface area contributed by atoms with Gasteiger partial charge in [0.15, 0.2) is 9.84 Å². The highest BCUT2D eigenvalue weighted by Crippen LogP contribution is 2.65. The van der Waals surface area contributed by atoms with E-state index in [0.717, 1.165) is 0 Å². The van der Waals surface area contributed by atoms with E-state index in [1.54, 1.807) is 45.9 Å². The third kappa shape index (κ3) is 8.65. The summed E-state index contributed by atoms with van der Waals surface area (Å²) in [7, 11) is -3.67. The number of sulfone groups is 1. The Morgan fingerprint density at radius 2 is 1.61 bits per heavy atom. The quantitative estimate of drug-likeness (QED) is 0.287. The monoisotopic (exact) mass is 662 g/mol. The largest absolute Gasteiger partial charge is 0.444 e. The van der Waals surface area contributed by atoms with Gasteiger partial charge in [-0.25, -0.2) is 13.2 Å². The van der Waals surface area contributed by atoms with Gasteiger partial charge in [-0.05, 0) is 62.0 Å². The van der Waals surface area contributed by atoms with Crippen molar-refractivity contribution < 1.29 is 37.1 Å². The Bertz CT molecular complexity index is 1430. The lowest BCUT2D eigenvalue weighted by Gasteiger charge is -2.38. The molecule has 2 aliphatic rings. The van der Waals surface area contributed by atoms with E-state index >= 15 is 0 Å². The molecule has 5 atom stereocenters. The predicted molar refractivity (Wildman–Crippen MR) is 172 cm³/mol. The zero-order chi connectivity index (χ0) is 34.8. The third-order valence-corrected chi connectivity index (χ3v) is 10.5. The number of rotatable bonds is 12. The van der Waals surface area contributed by atoms with Crippen LogP contribution in [0.1, 0.15) is 75.2 Å². The van der Waals surface area contributed by atoms with E-state index in [1.807, 2.05) is 34.6 Å². The van der Waals surface area contributed by atoms with Crippen molar-refractivity contribution in [3.8, 4) is 0 Å². The second-order valence-corrected chi connectivity index (χ2v) is 17.0. The summed E-state index contributed by atoms with van der Waals surface area (Å²) < 4.78 is 30.5. The maximum absolute atomic E-state index is 14.0. The van der Waals surface area contributed by atoms with Gasteiger partial charge in [-0.1, -0.05) is 66.2 Å². The van der Waals surface area contributed by atoms with Gasteiger partial charge in [0, 0.05) is 13.1 Å². The zero-order valence-corrected chi connectivity index (χ0v) is 29.2. The van der Waals surface area contributed by atoms with Crippen LogP contribution in [-0.4, -0.2) is 85.5 Å². The number of nitrogens with one attached hydrogen (secondary N) is 3. The summed E-state index contributed by atoms with van der Waals surface area (Å²) in [5.74, 6) is -3.41. The number of ketones is 1. The Labute approximate surface area is 272 Å². The number of carbonyl (C=O) groups excluding carboxylic acids is 5. The van der Waals surface area contributed by atoms with Gasteiger partial charge in [0.25, 0.3) is 5.91 Å². The summed E-state index contributed by atoms with van der Waals surface area (Å²) in [6.45, 7) is 16.5. The molecule has 256 valence electrons. The van der Waals surface area contributed by atoms with Crippen LogP contribution < -0.4 is 16.0 Å². The van der Waals surface area contributed by atoms with E-state index in [9.17, 15) is 32.4 Å². The summed E-state index contributed by atoms with van der Waals surface area (Å²) in [6, 6.07) is 4.71. The number of likely N-dealkylation sites (tertiary alicyclic amines) is 1. The number of nitrogens with zero attached hydrogens (tertiary/aromatic N) is 1. The van der Waals surface area contributed by atoms with Crippen LogP contribution in [-0.2, 0) is 33.8 Å². The number of benzene rings is 1. The third-order valence-electron chi connectivity index (χ3n) is 8.73. The fourth-order valence-corrected chi connectivity index (χ4v) is 7.34. The molecule has 0 spiro atoms. The number of amides is 4. The molecule has 1 saturated carbocycles. The maximum Gasteiger partial charge on any atom is 0.408 e. The Hall–Kier alpha value is -3.48. The van der Waals surface area contributed by atoms with Gasteiger partial charge in [-0.2, -0.15) is 0 Å². The van der Waals surface area contributed by atoms with Gasteiger partial charge in [-0.15, -0.1) is 0 Å². The van der Waals surface area contributed by atoms with Crippen LogP contribution in [0.4, 0.5) is 4.79 Å². The SMILES string of the molecule is CCCC(NC(=O)[C@@H]1[C@@H]2[C@H](CN1C(=O)[C@@H](NC(=O)OC(C)(C)C)C(C)(C)C)C2(C)C)C(=O)C(=O)NCCS(=O)(=O)c1ccccc1. The molecule has 0 radical (unpaired) electrons. The van der Waals surface area contributed by atoms with Gasteiger partial charge < -0.3 is 25.6 Å². The van der Waals surface area contributed by atoms with Crippen LogP contribution in [0.25, 0.3) is 0 Å². The Morgan fingerprint density at radius 1 is 1.00 bits per heavy atom. The van der Waals surface area contributed by atoms with E-state index in [0.29, 0.717) is 13.0 Å². The highest BCUT2D eigenvalue weighted by atomic mass is 32.2. The van der Waals surface area contributed by atoms with Crippen molar-refractivity contribution in [2.45, 2.75) is 104 Å². The molecule has 12 nitrogen and oxygen atoms in total. The average Bonchev–Trinajstić information content (AvgIpc) is 3.26. The fourth-order valence-electron chi connectivity index (χ4n) is 6.16. The average molecular weight is 663 g/mol. The molecule has 1 aliphatic heterocycles. The van der Waals surface area contributed by atoms with Gasteiger partial charge >= 0.3 is 6.09 Å². The number of alkyl carbamates (subject to hydrolysis) is 1. The molecule has 2 fully saturated rings. The molecule has 1 saturated heterocycles. The summed E-state index contributed by atoms with van der Waals surface area (Å²) in [5, 5.41) is 7.81. The maximum atomic E-state index is 14.0. The summed E-state index contributed by atoms with van der Waals surface area (Å²) >= 11 is 0. The Balaban J connectivity index is 1.74. The van der Waals surface area contributed by atoms with E-state index in [-0.39, 0.29) is 35.1 Å². The predicted octanol–water partition coefficient (Wildman–Crippen LogP) is 2.85. The molecule has 1 unspecified atom stereocenters. The number of hydrogen-bond donors (Lipinski definition) is 3. The van der Waals surface area contributed by atoms with Crippen molar-refractivity contribution in [2.75, 3.05) is 18.8 Å². The van der Waals surface area contributed by atoms with E-state index < -0.39 is 74.3 Å². The molecular weight excluding hydrogens is 612 g/mol. The van der Waals surface area contributed by atoms with Crippen LogP contribution in [0.3, 0.4) is 0 Å². The lowest BCUT2D eigenvalue weighted by atomic mass is 9.85. The molecule has 0 bridgehead atoms. The summed E-state index contributed by atoms with van der Waals surface area (Å²) in [4.78, 5) is 68.2. The lowest BCUT2D eigenvalue weighted by molar-refractivity contribution is -0.145. The fraction of sp³-hybridized carbons (Fsp3) is 0.667. The molecule has 46 heavy (non-hydrogen) atoms. The molecule has 4 amide bonds. The first kappa shape index (κ1) is 37.0. The van der Waals surface area contributed by atoms with Crippen molar-refractivity contribution in [1.82, 2.24) is 20.9 Å². The normalized spacial score (nSPS) is 21.8. The van der Waals surface area contributed by atoms with Crippen LogP contribution in [0.5, 0.6) is 0 Å². The number of carbonyl (C=O) groups is 5. The molecule has 3 N–H and O–H groups in total. The van der Waals surface area contributed by atoms with Crippen molar-refractivity contribution in [2.24, 2.45) is 22.7 Å². The van der Waals surface area contributed by atoms with Gasteiger partial charge in [0.2, 0.25) is 17.6 Å². The molecular formula is C33H50N4O8S. The second-order valence-electron chi connectivity index (χ2n) is 14.9. The van der Waals surface area contributed by atoms with Crippen molar-refractivity contribution >= 4 is 39.4 Å². The number of piperidine rings is 1. The summed E-state index contributed by atoms with van der Waals surface area (Å²) in [5.41, 5.74) is -1.72. The smallest absolute Gasteiger partial charge is 0.408 e. The Morgan fingerprint density at radius 3 is 2.15 bits per heavy atom. The zero-order valence-electron chi connectivity index (χ0n) is 28.4. The lowest BCUT2D eigenvalue weighted by Crippen LogP contribution is -2.60. The van der Waals surface area contributed by atoms with Crippen LogP contribution in [0.15, 0.2) is 35.2 Å². The first-order valence-corrected chi connectivity index (χ1v) is 17.5. The van der Waals surface area contributed by atoms with E-state index in [2.05, 4.69) is 16.0 Å². The van der Waals surface area contributed by atoms with E-state index in [1.165, 1.54) is 17.0 Å². The first-order valence-electron chi connectivity index (χ1n) is 15.8. The standard InChI is InChI=1S/C33H50N4O8S/c1-10-14-22(25(38)28(40)34-17-18-46(43,44)20-15-12-11-13-16-20)35-27(39)24-23-21(33(23,8)9)19-37(24)29(41)26(31(2,3)4)36-30(42)45-32(5,6)7/h11-13,15-16,21-24,26H,10,14,17-19H2,1-9H3,(H,34,40)(H,35,39)(H,36,42)/t21-,22?,23-,24-,26+/m0/s1. The molecule has 1 heterocycles. The molecule has 1 aromatic rings. The van der Waals surface area contributed by atoms with Crippen molar-refractivity contribution in [3.05, 3.63) is 30.3 Å². The molecule has 0 aromatic heterocycles. The van der Waals surface area contributed by atoms with Gasteiger partial charge in [0.1, 0.15) is 17.7 Å². The second kappa shape index (κ2) is 13.7. The van der Waals surface area contributed by atoms with Crippen LogP contribution >= 0.6 is 0 Å². The number of hydrogen-bond acceptors (Lipinski definition) is 8. The first-order chi connectivity index (χ1) is 21.1.